The Morgan fingerprint density at radius 3 is 2.55 bits per heavy atom. The van der Waals surface area contributed by atoms with E-state index >= 15 is 0 Å². The van der Waals surface area contributed by atoms with E-state index in [1.165, 1.54) is 15.9 Å². The Hall–Kier alpha value is -3.20. The van der Waals surface area contributed by atoms with Crippen LogP contribution in [0.15, 0.2) is 35.2 Å². The molecule has 3 aromatic rings. The average Bonchev–Trinajstić information content (AvgIpc) is 3.33. The Bertz CT molecular complexity index is 1110. The van der Waals surface area contributed by atoms with Crippen molar-refractivity contribution < 1.29 is 14.4 Å². The number of amides is 3. The van der Waals surface area contributed by atoms with E-state index in [0.717, 1.165) is 5.39 Å². The van der Waals surface area contributed by atoms with Gasteiger partial charge in [0.05, 0.1) is 11.0 Å². The Kier molecular flexibility index (Phi) is 6.45. The highest BCUT2D eigenvalue weighted by Crippen LogP contribution is 2.29. The monoisotopic (exact) mass is 441 g/mol. The number of benzene rings is 1. The van der Waals surface area contributed by atoms with Gasteiger partial charge in [-0.15, -0.1) is 11.3 Å². The molecule has 0 spiro atoms. The maximum Gasteiger partial charge on any atom is 0.327 e. The van der Waals surface area contributed by atoms with Gasteiger partial charge in [0, 0.05) is 36.5 Å². The molecule has 0 saturated heterocycles. The molecule has 0 saturated carbocycles. The smallest absolute Gasteiger partial charge is 0.327 e. The fourth-order valence-corrected chi connectivity index (χ4v) is 3.69. The summed E-state index contributed by atoms with van der Waals surface area (Å²) in [6.45, 7) is 8.29. The van der Waals surface area contributed by atoms with Gasteiger partial charge in [0.15, 0.2) is 0 Å². The van der Waals surface area contributed by atoms with Gasteiger partial charge < -0.3 is 15.5 Å². The third kappa shape index (κ3) is 5.11. The molecule has 9 heteroatoms. The molecule has 2 aromatic heterocycles. The third-order valence-electron chi connectivity index (χ3n) is 4.67. The molecule has 1 aromatic carbocycles. The van der Waals surface area contributed by atoms with E-state index in [2.05, 4.69) is 15.6 Å². The summed E-state index contributed by atoms with van der Waals surface area (Å²) in [5.41, 5.74) is 2.98. The average molecular weight is 442 g/mol. The molecule has 0 aliphatic heterocycles. The lowest BCUT2D eigenvalue weighted by molar-refractivity contribution is -0.120. The predicted octanol–water partition coefficient (Wildman–Crippen LogP) is 4.33. The van der Waals surface area contributed by atoms with E-state index < -0.39 is 5.91 Å². The molecule has 0 radical (unpaired) electrons. The van der Waals surface area contributed by atoms with Crippen LogP contribution in [-0.2, 0) is 4.79 Å². The first-order valence-corrected chi connectivity index (χ1v) is 10.9. The normalized spacial score (nSPS) is 11.4. The van der Waals surface area contributed by atoms with Crippen molar-refractivity contribution in [1.29, 1.82) is 0 Å². The number of hydrogen-bond acceptors (Lipinski definition) is 5. The lowest BCUT2D eigenvalue weighted by atomic mass is 9.91. The molecule has 3 amide bonds. The second-order valence-corrected chi connectivity index (χ2v) is 9.18. The number of thiazole rings is 1. The zero-order valence-electron chi connectivity index (χ0n) is 18.4. The number of aromatic nitrogens is 2. The standard InChI is InChI=1S/C22H27N5O3S/c1-6-23-21(30)27-17-10-15(26(5)19(28)11-22(2,3)4)8-7-14(17)9-18(27)25-20(29)16-12-31-13-24-16/h7-10,12-13H,6,11H2,1-5H3,(H,23,30)(H,25,29). The highest BCUT2D eigenvalue weighted by Gasteiger charge is 2.22. The summed E-state index contributed by atoms with van der Waals surface area (Å²) in [6, 6.07) is 6.81. The van der Waals surface area contributed by atoms with Gasteiger partial charge in [-0.2, -0.15) is 0 Å². The van der Waals surface area contributed by atoms with E-state index in [1.54, 1.807) is 35.0 Å². The fraction of sp³-hybridized carbons (Fsp3) is 0.364. The molecule has 0 unspecified atom stereocenters. The van der Waals surface area contributed by atoms with Gasteiger partial charge in [0.25, 0.3) is 5.91 Å². The summed E-state index contributed by atoms with van der Waals surface area (Å²) >= 11 is 1.32. The van der Waals surface area contributed by atoms with Crippen molar-refractivity contribution in [3.05, 3.63) is 40.8 Å². The van der Waals surface area contributed by atoms with Gasteiger partial charge in [0.1, 0.15) is 11.5 Å². The largest absolute Gasteiger partial charge is 0.338 e. The van der Waals surface area contributed by atoms with E-state index in [9.17, 15) is 14.4 Å². The van der Waals surface area contributed by atoms with Crippen LogP contribution >= 0.6 is 11.3 Å². The van der Waals surface area contributed by atoms with Crippen molar-refractivity contribution in [2.24, 2.45) is 5.41 Å². The first kappa shape index (κ1) is 22.5. The Morgan fingerprint density at radius 2 is 1.94 bits per heavy atom. The summed E-state index contributed by atoms with van der Waals surface area (Å²) in [4.78, 5) is 43.6. The maximum atomic E-state index is 12.8. The zero-order chi connectivity index (χ0) is 22.8. The first-order chi connectivity index (χ1) is 14.6. The Balaban J connectivity index is 2.01. The Labute approximate surface area is 185 Å². The second-order valence-electron chi connectivity index (χ2n) is 8.46. The van der Waals surface area contributed by atoms with Crippen molar-refractivity contribution in [2.45, 2.75) is 34.1 Å². The van der Waals surface area contributed by atoms with Gasteiger partial charge in [-0.3, -0.25) is 9.59 Å². The van der Waals surface area contributed by atoms with Crippen molar-refractivity contribution in [2.75, 3.05) is 23.8 Å². The second kappa shape index (κ2) is 8.89. The molecule has 164 valence electrons. The van der Waals surface area contributed by atoms with Crippen LogP contribution in [0.3, 0.4) is 0 Å². The molecule has 2 heterocycles. The third-order valence-corrected chi connectivity index (χ3v) is 5.26. The van der Waals surface area contributed by atoms with Crippen molar-refractivity contribution in [3.63, 3.8) is 0 Å². The van der Waals surface area contributed by atoms with E-state index in [1.807, 2.05) is 39.8 Å². The van der Waals surface area contributed by atoms with E-state index in [-0.39, 0.29) is 23.0 Å². The SMILES string of the molecule is CCNC(=O)n1c(NC(=O)c2cscn2)cc2ccc(N(C)C(=O)CC(C)(C)C)cc21. The molecule has 8 nitrogen and oxygen atoms in total. The minimum absolute atomic E-state index is 0.0139. The van der Waals surface area contributed by atoms with Crippen molar-refractivity contribution in [1.82, 2.24) is 14.9 Å². The lowest BCUT2D eigenvalue weighted by Gasteiger charge is -2.23. The summed E-state index contributed by atoms with van der Waals surface area (Å²) in [7, 11) is 1.72. The number of carbonyl (C=O) groups is 3. The summed E-state index contributed by atoms with van der Waals surface area (Å²) in [6.07, 6.45) is 0.397. The predicted molar refractivity (Wildman–Crippen MR) is 124 cm³/mol. The highest BCUT2D eigenvalue weighted by molar-refractivity contribution is 7.07. The number of hydrogen-bond donors (Lipinski definition) is 2. The van der Waals surface area contributed by atoms with Gasteiger partial charge >= 0.3 is 6.03 Å². The van der Waals surface area contributed by atoms with Gasteiger partial charge in [-0.25, -0.2) is 14.3 Å². The van der Waals surface area contributed by atoms with Crippen LogP contribution in [0.4, 0.5) is 16.3 Å². The summed E-state index contributed by atoms with van der Waals surface area (Å²) < 4.78 is 1.41. The summed E-state index contributed by atoms with van der Waals surface area (Å²) in [5.74, 6) is -0.0768. The van der Waals surface area contributed by atoms with Gasteiger partial charge in [0.2, 0.25) is 5.91 Å². The molecular weight excluding hydrogens is 414 g/mol. The quantitative estimate of drug-likeness (QED) is 0.616. The van der Waals surface area contributed by atoms with Crippen LogP contribution in [0, 0.1) is 5.41 Å². The topological polar surface area (TPSA) is 96.3 Å². The number of anilines is 2. The van der Waals surface area contributed by atoms with Crippen molar-refractivity contribution >= 4 is 51.6 Å². The molecule has 0 aliphatic carbocycles. The lowest BCUT2D eigenvalue weighted by Crippen LogP contribution is -2.31. The van der Waals surface area contributed by atoms with Crippen LogP contribution in [0.2, 0.25) is 0 Å². The van der Waals surface area contributed by atoms with Gasteiger partial charge in [-0.1, -0.05) is 26.8 Å². The van der Waals surface area contributed by atoms with Crippen LogP contribution in [0.5, 0.6) is 0 Å². The molecule has 0 atom stereocenters. The fourth-order valence-electron chi connectivity index (χ4n) is 3.16. The molecule has 0 fully saturated rings. The maximum absolute atomic E-state index is 12.8. The number of rotatable bonds is 5. The van der Waals surface area contributed by atoms with Crippen LogP contribution in [0.25, 0.3) is 10.9 Å². The minimum atomic E-state index is -0.396. The van der Waals surface area contributed by atoms with Crippen LogP contribution < -0.4 is 15.5 Å². The molecule has 2 N–H and O–H groups in total. The number of fused-ring (bicyclic) bond motifs is 1. The highest BCUT2D eigenvalue weighted by atomic mass is 32.1. The number of nitrogens with one attached hydrogen (secondary N) is 2. The molecule has 0 aliphatic rings. The molecule has 0 bridgehead atoms. The zero-order valence-corrected chi connectivity index (χ0v) is 19.2. The number of carbonyl (C=O) groups excluding carboxylic acids is 3. The molecular formula is C22H27N5O3S. The van der Waals surface area contributed by atoms with E-state index in [4.69, 9.17) is 0 Å². The first-order valence-electron chi connectivity index (χ1n) is 10.0. The van der Waals surface area contributed by atoms with Gasteiger partial charge in [-0.05, 0) is 30.5 Å². The van der Waals surface area contributed by atoms with Crippen molar-refractivity contribution in [3.8, 4) is 0 Å². The number of nitrogens with zero attached hydrogens (tertiary/aromatic N) is 3. The van der Waals surface area contributed by atoms with Crippen LogP contribution in [0.1, 0.15) is 44.6 Å². The molecule has 3 rings (SSSR count). The summed E-state index contributed by atoms with van der Waals surface area (Å²) in [5, 5.41) is 7.95. The van der Waals surface area contributed by atoms with E-state index in [0.29, 0.717) is 30.0 Å². The molecule has 31 heavy (non-hydrogen) atoms. The van der Waals surface area contributed by atoms with Crippen LogP contribution in [-0.4, -0.2) is 41.0 Å². The minimum Gasteiger partial charge on any atom is -0.338 e. The Morgan fingerprint density at radius 1 is 1.19 bits per heavy atom.